The van der Waals surface area contributed by atoms with E-state index in [4.69, 9.17) is 11.6 Å². The van der Waals surface area contributed by atoms with Crippen molar-refractivity contribution < 1.29 is 9.59 Å². The van der Waals surface area contributed by atoms with E-state index in [2.05, 4.69) is 34.8 Å². The Bertz CT molecular complexity index is 1310. The van der Waals surface area contributed by atoms with Crippen LogP contribution in [0.2, 0.25) is 5.02 Å². The summed E-state index contributed by atoms with van der Waals surface area (Å²) >= 11 is 6.24. The van der Waals surface area contributed by atoms with Gasteiger partial charge in [-0.25, -0.2) is 0 Å². The first-order valence-corrected chi connectivity index (χ1v) is 14.4. The summed E-state index contributed by atoms with van der Waals surface area (Å²) in [6.07, 6.45) is 8.00. The van der Waals surface area contributed by atoms with Gasteiger partial charge in [0.2, 0.25) is 0 Å². The van der Waals surface area contributed by atoms with E-state index in [1.807, 2.05) is 69.3 Å². The van der Waals surface area contributed by atoms with Crippen molar-refractivity contribution in [2.75, 3.05) is 18.4 Å². The second-order valence-electron chi connectivity index (χ2n) is 9.60. The van der Waals surface area contributed by atoms with Crippen LogP contribution >= 0.6 is 11.6 Å². The Balaban J connectivity index is 0.00000205. The average molecular weight is 549 g/mol. The molecular weight excluding hydrogens is 508 g/mol. The maximum Gasteiger partial charge on any atom is 0.256 e. The molecule has 0 aliphatic carbocycles. The normalized spacial score (nSPS) is 13.9. The summed E-state index contributed by atoms with van der Waals surface area (Å²) in [5.41, 5.74) is 6.11. The van der Waals surface area contributed by atoms with Crippen molar-refractivity contribution in [3.05, 3.63) is 76.1 Å². The molecule has 0 radical (unpaired) electrons. The summed E-state index contributed by atoms with van der Waals surface area (Å²) in [4.78, 5) is 29.0. The minimum absolute atomic E-state index is 0.117. The smallest absolute Gasteiger partial charge is 0.256 e. The van der Waals surface area contributed by atoms with Gasteiger partial charge in [0.25, 0.3) is 11.8 Å². The summed E-state index contributed by atoms with van der Waals surface area (Å²) in [6.45, 7) is 11.8. The lowest BCUT2D eigenvalue weighted by Gasteiger charge is -2.13. The number of unbranched alkanes of at least 4 members (excludes halogenated alkanes) is 1. The van der Waals surface area contributed by atoms with Gasteiger partial charge in [0, 0.05) is 40.8 Å². The molecule has 39 heavy (non-hydrogen) atoms. The molecule has 0 fully saturated rings. The third-order valence-corrected chi connectivity index (χ3v) is 7.03. The molecule has 1 aliphatic heterocycles. The zero-order valence-electron chi connectivity index (χ0n) is 23.7. The molecule has 0 saturated carbocycles. The number of nitrogens with one attached hydrogen (secondary N) is 4. The van der Waals surface area contributed by atoms with E-state index < -0.39 is 0 Å². The Morgan fingerprint density at radius 1 is 1.10 bits per heavy atom. The summed E-state index contributed by atoms with van der Waals surface area (Å²) in [7, 11) is 0. The summed E-state index contributed by atoms with van der Waals surface area (Å²) in [5.74, 6) is -0.293. The molecule has 2 amide bonds. The lowest BCUT2D eigenvalue weighted by Crippen LogP contribution is -2.31. The fraction of sp³-hybridized carbons (Fsp3) is 0.375. The van der Waals surface area contributed by atoms with Crippen LogP contribution in [0, 0.1) is 6.92 Å². The molecule has 1 aromatic heterocycles. The largest absolute Gasteiger partial charge is 0.361 e. The number of carbonyl (C=O) groups excluding carboxylic acids is 2. The quantitative estimate of drug-likeness (QED) is 0.148. The van der Waals surface area contributed by atoms with E-state index in [0.29, 0.717) is 28.7 Å². The molecule has 1 aliphatic rings. The lowest BCUT2D eigenvalue weighted by atomic mass is 9.94. The van der Waals surface area contributed by atoms with Crippen molar-refractivity contribution in [2.45, 2.75) is 66.3 Å². The maximum absolute atomic E-state index is 12.9. The first-order valence-electron chi connectivity index (χ1n) is 14.0. The van der Waals surface area contributed by atoms with Crippen LogP contribution in [-0.4, -0.2) is 35.9 Å². The second-order valence-corrected chi connectivity index (χ2v) is 10.0. The number of rotatable bonds is 11. The molecule has 6 nitrogen and oxygen atoms in total. The van der Waals surface area contributed by atoms with Gasteiger partial charge in [-0.15, -0.1) is 0 Å². The SMILES string of the molecule is CC.CCCCC(C)NCCCNC(=O)c1c[nH]c(/C=C2\C(=O)Nc3cccc(-c4cccc(Cl)c4)c32)c1C. The Kier molecular flexibility index (Phi) is 11.4. The molecule has 3 aromatic rings. The maximum atomic E-state index is 12.9. The molecule has 2 heterocycles. The molecule has 4 rings (SSSR count). The van der Waals surface area contributed by atoms with E-state index in [-0.39, 0.29) is 11.8 Å². The van der Waals surface area contributed by atoms with Gasteiger partial charge >= 0.3 is 0 Å². The van der Waals surface area contributed by atoms with Gasteiger partial charge in [-0.2, -0.15) is 0 Å². The van der Waals surface area contributed by atoms with E-state index >= 15 is 0 Å². The lowest BCUT2D eigenvalue weighted by molar-refractivity contribution is -0.110. The summed E-state index contributed by atoms with van der Waals surface area (Å²) in [6, 6.07) is 13.9. The summed E-state index contributed by atoms with van der Waals surface area (Å²) in [5, 5.41) is 10.1. The molecule has 0 bridgehead atoms. The Morgan fingerprint density at radius 3 is 2.62 bits per heavy atom. The highest BCUT2D eigenvalue weighted by Gasteiger charge is 2.28. The van der Waals surface area contributed by atoms with Crippen LogP contribution in [0.4, 0.5) is 5.69 Å². The number of fused-ring (bicyclic) bond motifs is 1. The number of anilines is 1. The number of halogens is 1. The van der Waals surface area contributed by atoms with Crippen molar-refractivity contribution in [3.63, 3.8) is 0 Å². The van der Waals surface area contributed by atoms with Gasteiger partial charge < -0.3 is 20.9 Å². The number of hydrogen-bond acceptors (Lipinski definition) is 3. The number of aromatic amines is 1. The predicted octanol–water partition coefficient (Wildman–Crippen LogP) is 7.45. The molecular formula is C32H41ClN4O2. The molecule has 7 heteroatoms. The zero-order chi connectivity index (χ0) is 28.4. The number of aromatic nitrogens is 1. The first kappa shape index (κ1) is 30.2. The molecule has 2 aromatic carbocycles. The average Bonchev–Trinajstić information content (AvgIpc) is 3.47. The van der Waals surface area contributed by atoms with Crippen molar-refractivity contribution in [2.24, 2.45) is 0 Å². The highest BCUT2D eigenvalue weighted by Crippen LogP contribution is 2.41. The summed E-state index contributed by atoms with van der Waals surface area (Å²) < 4.78 is 0. The minimum atomic E-state index is -0.176. The van der Waals surface area contributed by atoms with Crippen molar-refractivity contribution in [1.29, 1.82) is 0 Å². The Labute approximate surface area is 237 Å². The zero-order valence-corrected chi connectivity index (χ0v) is 24.5. The highest BCUT2D eigenvalue weighted by atomic mass is 35.5. The topological polar surface area (TPSA) is 86.0 Å². The van der Waals surface area contributed by atoms with Crippen molar-refractivity contribution >= 4 is 40.8 Å². The van der Waals surface area contributed by atoms with E-state index in [0.717, 1.165) is 46.6 Å². The molecule has 1 unspecified atom stereocenters. The standard InChI is InChI=1S/C30H35ClN4O2.C2H6/c1-4-5-9-19(2)32-14-8-15-33-29(36)25-18-34-27(20(25)3)17-24-28-23(21-10-6-11-22(31)16-21)12-7-13-26(28)35-30(24)37;1-2/h6-7,10-13,16-19,32,34H,4-5,8-9,14-15H2,1-3H3,(H,33,36)(H,35,37);1-2H3/b24-17-;. The van der Waals surface area contributed by atoms with Crippen LogP contribution in [0.25, 0.3) is 22.8 Å². The number of hydrogen-bond donors (Lipinski definition) is 4. The first-order chi connectivity index (χ1) is 18.9. The van der Waals surface area contributed by atoms with Gasteiger partial charge in [-0.1, -0.05) is 69.5 Å². The molecule has 4 N–H and O–H groups in total. The predicted molar refractivity (Wildman–Crippen MR) is 164 cm³/mol. The van der Waals surface area contributed by atoms with E-state index in [1.165, 1.54) is 19.3 Å². The number of H-pyrrole nitrogens is 1. The fourth-order valence-corrected chi connectivity index (χ4v) is 4.86. The monoisotopic (exact) mass is 548 g/mol. The van der Waals surface area contributed by atoms with Crippen LogP contribution in [0.3, 0.4) is 0 Å². The van der Waals surface area contributed by atoms with Crippen LogP contribution in [0.15, 0.2) is 48.7 Å². The molecule has 0 saturated heterocycles. The Morgan fingerprint density at radius 2 is 1.87 bits per heavy atom. The molecule has 208 valence electrons. The number of benzene rings is 2. The molecule has 1 atom stereocenters. The highest BCUT2D eigenvalue weighted by molar-refractivity contribution is 6.36. The van der Waals surface area contributed by atoms with Crippen molar-refractivity contribution in [3.8, 4) is 11.1 Å². The Hall–Kier alpha value is -3.35. The van der Waals surface area contributed by atoms with Crippen LogP contribution < -0.4 is 16.0 Å². The van der Waals surface area contributed by atoms with E-state index in [9.17, 15) is 9.59 Å². The van der Waals surface area contributed by atoms with Gasteiger partial charge in [0.05, 0.1) is 11.1 Å². The van der Waals surface area contributed by atoms with Gasteiger partial charge in [-0.05, 0) is 74.2 Å². The van der Waals surface area contributed by atoms with Crippen molar-refractivity contribution in [1.82, 2.24) is 15.6 Å². The fourth-order valence-electron chi connectivity index (χ4n) is 4.67. The number of carbonyl (C=O) groups is 2. The molecule has 0 spiro atoms. The van der Waals surface area contributed by atoms with Crippen LogP contribution in [-0.2, 0) is 4.79 Å². The van der Waals surface area contributed by atoms with Crippen LogP contribution in [0.1, 0.15) is 80.6 Å². The third kappa shape index (κ3) is 7.61. The van der Waals surface area contributed by atoms with Gasteiger partial charge in [0.15, 0.2) is 0 Å². The van der Waals surface area contributed by atoms with Gasteiger partial charge in [0.1, 0.15) is 0 Å². The minimum Gasteiger partial charge on any atom is -0.361 e. The second kappa shape index (κ2) is 14.7. The van der Waals surface area contributed by atoms with Gasteiger partial charge in [-0.3, -0.25) is 9.59 Å². The third-order valence-electron chi connectivity index (χ3n) is 6.80. The van der Waals surface area contributed by atoms with E-state index in [1.54, 1.807) is 6.20 Å². The number of amides is 2. The van der Waals surface area contributed by atoms with Crippen LogP contribution in [0.5, 0.6) is 0 Å².